The van der Waals surface area contributed by atoms with Gasteiger partial charge in [0.25, 0.3) is 0 Å². The van der Waals surface area contributed by atoms with E-state index >= 15 is 0 Å². The summed E-state index contributed by atoms with van der Waals surface area (Å²) in [4.78, 5) is 0. The van der Waals surface area contributed by atoms with Crippen molar-refractivity contribution in [3.63, 3.8) is 0 Å². The van der Waals surface area contributed by atoms with Gasteiger partial charge in [-0.15, -0.1) is 0 Å². The molecule has 0 spiro atoms. The van der Waals surface area contributed by atoms with Gasteiger partial charge in [0.15, 0.2) is 0 Å². The van der Waals surface area contributed by atoms with Crippen LogP contribution in [0.4, 0.5) is 0 Å². The Labute approximate surface area is 98.0 Å². The molecule has 2 atom stereocenters. The van der Waals surface area contributed by atoms with Gasteiger partial charge >= 0.3 is 0 Å². The third-order valence-corrected chi connectivity index (χ3v) is 3.04. The van der Waals surface area contributed by atoms with Crippen LogP contribution in [0.5, 0.6) is 0 Å². The molecule has 0 saturated heterocycles. The Balaban J connectivity index is 2.77. The summed E-state index contributed by atoms with van der Waals surface area (Å²) in [5, 5.41) is 7.76. The fourth-order valence-electron chi connectivity index (χ4n) is 2.14. The van der Waals surface area contributed by atoms with Crippen molar-refractivity contribution in [2.45, 2.75) is 26.3 Å². The first kappa shape index (κ1) is 13.2. The van der Waals surface area contributed by atoms with Crippen molar-refractivity contribution in [3.8, 4) is 0 Å². The molecule has 4 heteroatoms. The fraction of sp³-hybridized carbons (Fsp3) is 0.750. The minimum Gasteiger partial charge on any atom is -0.385 e. The summed E-state index contributed by atoms with van der Waals surface area (Å²) < 4.78 is 7.00. The van der Waals surface area contributed by atoms with Crippen LogP contribution in [0, 0.1) is 12.8 Å². The predicted molar refractivity (Wildman–Crippen MR) is 65.4 cm³/mol. The van der Waals surface area contributed by atoms with Crippen molar-refractivity contribution in [1.29, 1.82) is 0 Å². The topological polar surface area (TPSA) is 39.1 Å². The van der Waals surface area contributed by atoms with E-state index in [9.17, 15) is 0 Å². The average molecular weight is 225 g/mol. The second kappa shape index (κ2) is 6.01. The lowest BCUT2D eigenvalue weighted by Crippen LogP contribution is -2.24. The number of nitrogens with one attached hydrogen (secondary N) is 1. The summed E-state index contributed by atoms with van der Waals surface area (Å²) in [5.74, 6) is 0.535. The third-order valence-electron chi connectivity index (χ3n) is 3.04. The summed E-state index contributed by atoms with van der Waals surface area (Å²) >= 11 is 0. The maximum Gasteiger partial charge on any atom is 0.0641 e. The maximum atomic E-state index is 5.13. The molecule has 1 aromatic heterocycles. The van der Waals surface area contributed by atoms with Crippen LogP contribution in [0.3, 0.4) is 0 Å². The lowest BCUT2D eigenvalue weighted by molar-refractivity contribution is 0.171. The summed E-state index contributed by atoms with van der Waals surface area (Å²) in [6.07, 6.45) is 3.15. The summed E-state index contributed by atoms with van der Waals surface area (Å²) in [6, 6.07) is 0.351. The van der Waals surface area contributed by atoms with Crippen molar-refractivity contribution in [1.82, 2.24) is 15.1 Å². The quantitative estimate of drug-likeness (QED) is 0.800. The average Bonchev–Trinajstić information content (AvgIpc) is 2.56. The van der Waals surface area contributed by atoms with Gasteiger partial charge in [-0.2, -0.15) is 5.10 Å². The zero-order valence-electron chi connectivity index (χ0n) is 10.9. The molecular weight excluding hydrogens is 202 g/mol. The van der Waals surface area contributed by atoms with Crippen LogP contribution in [-0.2, 0) is 11.8 Å². The highest BCUT2D eigenvalue weighted by Crippen LogP contribution is 2.25. The number of rotatable bonds is 6. The highest BCUT2D eigenvalue weighted by molar-refractivity contribution is 5.20. The van der Waals surface area contributed by atoms with Crippen LogP contribution in [-0.4, -0.2) is 30.5 Å². The molecule has 1 aromatic rings. The summed E-state index contributed by atoms with van der Waals surface area (Å²) in [5.41, 5.74) is 2.39. The second-order valence-corrected chi connectivity index (χ2v) is 4.37. The van der Waals surface area contributed by atoms with E-state index in [4.69, 9.17) is 4.74 Å². The second-order valence-electron chi connectivity index (χ2n) is 4.37. The molecule has 0 bridgehead atoms. The number of aryl methyl sites for hydroxylation is 2. The van der Waals surface area contributed by atoms with Gasteiger partial charge in [0.05, 0.1) is 5.69 Å². The van der Waals surface area contributed by atoms with Crippen LogP contribution < -0.4 is 5.32 Å². The van der Waals surface area contributed by atoms with Crippen molar-refractivity contribution in [3.05, 3.63) is 17.5 Å². The van der Waals surface area contributed by atoms with E-state index in [0.29, 0.717) is 12.0 Å². The molecule has 0 radical (unpaired) electrons. The molecule has 1 heterocycles. The van der Waals surface area contributed by atoms with Crippen molar-refractivity contribution in [2.24, 2.45) is 13.0 Å². The molecule has 16 heavy (non-hydrogen) atoms. The Kier molecular flexibility index (Phi) is 4.96. The monoisotopic (exact) mass is 225 g/mol. The van der Waals surface area contributed by atoms with E-state index < -0.39 is 0 Å². The third kappa shape index (κ3) is 3.06. The van der Waals surface area contributed by atoms with Gasteiger partial charge in [0.1, 0.15) is 0 Å². The number of aromatic nitrogens is 2. The number of hydrogen-bond donors (Lipinski definition) is 1. The van der Waals surface area contributed by atoms with Gasteiger partial charge in [0, 0.05) is 38.6 Å². The van der Waals surface area contributed by atoms with Gasteiger partial charge in [0.2, 0.25) is 0 Å². The van der Waals surface area contributed by atoms with Gasteiger partial charge in [-0.1, -0.05) is 6.92 Å². The first-order valence-corrected chi connectivity index (χ1v) is 5.76. The van der Waals surface area contributed by atoms with Crippen LogP contribution >= 0.6 is 0 Å². The van der Waals surface area contributed by atoms with E-state index in [1.807, 2.05) is 18.8 Å². The van der Waals surface area contributed by atoms with E-state index in [-0.39, 0.29) is 0 Å². The van der Waals surface area contributed by atoms with E-state index in [1.165, 1.54) is 5.56 Å². The molecule has 4 nitrogen and oxygen atoms in total. The normalized spacial score (nSPS) is 15.1. The Morgan fingerprint density at radius 1 is 1.56 bits per heavy atom. The lowest BCUT2D eigenvalue weighted by Gasteiger charge is -2.23. The van der Waals surface area contributed by atoms with E-state index in [2.05, 4.69) is 30.5 Å². The Morgan fingerprint density at radius 3 is 2.69 bits per heavy atom. The van der Waals surface area contributed by atoms with E-state index in [1.54, 1.807) is 7.11 Å². The fourth-order valence-corrected chi connectivity index (χ4v) is 2.14. The standard InChI is InChI=1S/C12H23N3O/c1-9(6-7-16-5)12(13-3)11-8-15(4)14-10(11)2/h8-9,12-13H,6-7H2,1-5H3. The molecule has 0 aliphatic heterocycles. The number of nitrogens with zero attached hydrogens (tertiary/aromatic N) is 2. The minimum absolute atomic E-state index is 0.351. The van der Waals surface area contributed by atoms with Crippen LogP contribution in [0.25, 0.3) is 0 Å². The molecule has 0 amide bonds. The minimum atomic E-state index is 0.351. The van der Waals surface area contributed by atoms with Gasteiger partial charge in [-0.05, 0) is 26.3 Å². The molecule has 92 valence electrons. The lowest BCUT2D eigenvalue weighted by atomic mass is 9.93. The highest BCUT2D eigenvalue weighted by atomic mass is 16.5. The summed E-state index contributed by atoms with van der Waals surface area (Å²) in [6.45, 7) is 5.11. The summed E-state index contributed by atoms with van der Waals surface area (Å²) in [7, 11) is 5.71. The molecule has 1 rings (SSSR count). The highest BCUT2D eigenvalue weighted by Gasteiger charge is 2.20. The number of hydrogen-bond acceptors (Lipinski definition) is 3. The molecule has 0 aromatic carbocycles. The Hall–Kier alpha value is -0.870. The van der Waals surface area contributed by atoms with Crippen molar-refractivity contribution in [2.75, 3.05) is 20.8 Å². The molecule has 0 aliphatic rings. The molecule has 2 unspecified atom stereocenters. The molecule has 0 saturated carbocycles. The first-order valence-electron chi connectivity index (χ1n) is 5.76. The van der Waals surface area contributed by atoms with E-state index in [0.717, 1.165) is 18.7 Å². The van der Waals surface area contributed by atoms with Gasteiger partial charge in [-0.25, -0.2) is 0 Å². The Bertz CT molecular complexity index is 322. The molecule has 0 fully saturated rings. The number of ether oxygens (including phenoxy) is 1. The molecule has 1 N–H and O–H groups in total. The smallest absolute Gasteiger partial charge is 0.0641 e. The SMILES string of the molecule is CNC(c1cn(C)nc1C)C(C)CCOC. The molecule has 0 aliphatic carbocycles. The Morgan fingerprint density at radius 2 is 2.25 bits per heavy atom. The van der Waals surface area contributed by atoms with Gasteiger partial charge in [-0.3, -0.25) is 4.68 Å². The zero-order valence-corrected chi connectivity index (χ0v) is 10.9. The van der Waals surface area contributed by atoms with Crippen LogP contribution in [0.15, 0.2) is 6.20 Å². The van der Waals surface area contributed by atoms with Crippen LogP contribution in [0.2, 0.25) is 0 Å². The largest absolute Gasteiger partial charge is 0.385 e. The maximum absolute atomic E-state index is 5.13. The van der Waals surface area contributed by atoms with Crippen LogP contribution in [0.1, 0.15) is 30.6 Å². The van der Waals surface area contributed by atoms with Gasteiger partial charge < -0.3 is 10.1 Å². The molecular formula is C12H23N3O. The van der Waals surface area contributed by atoms with Crippen molar-refractivity contribution >= 4 is 0 Å². The van der Waals surface area contributed by atoms with Crippen molar-refractivity contribution < 1.29 is 4.74 Å². The predicted octanol–water partition coefficient (Wildman–Crippen LogP) is 1.66. The zero-order chi connectivity index (χ0) is 12.1. The number of methoxy groups -OCH3 is 1. The first-order chi connectivity index (χ1) is 7.60.